The van der Waals surface area contributed by atoms with Crippen molar-refractivity contribution in [2.75, 3.05) is 5.32 Å². The Labute approximate surface area is 115 Å². The van der Waals surface area contributed by atoms with Crippen molar-refractivity contribution in [2.24, 2.45) is 10.9 Å². The molecule has 2 unspecified atom stereocenters. The van der Waals surface area contributed by atoms with E-state index in [2.05, 4.69) is 10.3 Å². The van der Waals surface area contributed by atoms with Gasteiger partial charge in [-0.05, 0) is 18.6 Å². The number of para-hydroxylation sites is 1. The van der Waals surface area contributed by atoms with E-state index in [-0.39, 0.29) is 18.5 Å². The molecular formula is C12H12Cl2N2O2. The highest BCUT2D eigenvalue weighted by Crippen LogP contribution is 2.33. The Bertz CT molecular complexity index is 471. The Morgan fingerprint density at radius 1 is 1.44 bits per heavy atom. The third-order valence-electron chi connectivity index (χ3n) is 2.81. The van der Waals surface area contributed by atoms with Gasteiger partial charge in [-0.15, -0.1) is 0 Å². The normalized spacial score (nSPS) is 22.1. The van der Waals surface area contributed by atoms with Gasteiger partial charge in [0.25, 0.3) is 0 Å². The van der Waals surface area contributed by atoms with Gasteiger partial charge < -0.3 is 10.4 Å². The van der Waals surface area contributed by atoms with Gasteiger partial charge >= 0.3 is 5.97 Å². The van der Waals surface area contributed by atoms with Crippen molar-refractivity contribution in [3.05, 3.63) is 28.2 Å². The van der Waals surface area contributed by atoms with Gasteiger partial charge in [0.05, 0.1) is 22.2 Å². The number of carboxylic acid groups (broad SMARTS) is 1. The zero-order valence-corrected chi connectivity index (χ0v) is 10.9. The molecule has 1 aliphatic rings. The van der Waals surface area contributed by atoms with E-state index in [4.69, 9.17) is 28.3 Å². The molecule has 0 fully saturated rings. The van der Waals surface area contributed by atoms with E-state index < -0.39 is 5.97 Å². The third-order valence-corrected chi connectivity index (χ3v) is 3.44. The van der Waals surface area contributed by atoms with Crippen molar-refractivity contribution in [2.45, 2.75) is 19.0 Å². The van der Waals surface area contributed by atoms with E-state index in [1.807, 2.05) is 0 Å². The standard InChI is InChI=1S/C12H12Cl2N2O2/c13-8-2-1-3-9(14)11(8)16-12-7(4-5-15-12)6-10(17)18/h1-3,5,7,12,16H,4,6H2,(H,17,18). The highest BCUT2D eigenvalue weighted by atomic mass is 35.5. The first-order valence-electron chi connectivity index (χ1n) is 5.52. The fourth-order valence-corrected chi connectivity index (χ4v) is 2.42. The summed E-state index contributed by atoms with van der Waals surface area (Å²) >= 11 is 12.1. The van der Waals surface area contributed by atoms with Crippen molar-refractivity contribution in [1.29, 1.82) is 0 Å². The van der Waals surface area contributed by atoms with Crippen LogP contribution in [-0.2, 0) is 4.79 Å². The number of anilines is 1. The van der Waals surface area contributed by atoms with Crippen LogP contribution in [0.3, 0.4) is 0 Å². The molecule has 1 heterocycles. The lowest BCUT2D eigenvalue weighted by Crippen LogP contribution is -2.25. The fraction of sp³-hybridized carbons (Fsp3) is 0.333. The van der Waals surface area contributed by atoms with Crippen LogP contribution in [0.5, 0.6) is 0 Å². The lowest BCUT2D eigenvalue weighted by Gasteiger charge is -2.20. The first-order chi connectivity index (χ1) is 8.58. The number of nitrogens with one attached hydrogen (secondary N) is 1. The summed E-state index contributed by atoms with van der Waals surface area (Å²) in [6.07, 6.45) is 2.15. The van der Waals surface area contributed by atoms with E-state index in [1.54, 1.807) is 24.4 Å². The third kappa shape index (κ3) is 2.94. The van der Waals surface area contributed by atoms with Crippen molar-refractivity contribution >= 4 is 41.1 Å². The van der Waals surface area contributed by atoms with E-state index in [1.165, 1.54) is 0 Å². The van der Waals surface area contributed by atoms with Gasteiger partial charge in [0.15, 0.2) is 0 Å². The smallest absolute Gasteiger partial charge is 0.303 e. The monoisotopic (exact) mass is 286 g/mol. The van der Waals surface area contributed by atoms with Crippen molar-refractivity contribution < 1.29 is 9.90 Å². The Kier molecular flexibility index (Phi) is 4.09. The minimum absolute atomic E-state index is 0.0692. The maximum Gasteiger partial charge on any atom is 0.303 e. The molecule has 6 heteroatoms. The first kappa shape index (κ1) is 13.2. The molecule has 2 atom stereocenters. The molecule has 96 valence electrons. The molecule has 0 spiro atoms. The molecular weight excluding hydrogens is 275 g/mol. The zero-order chi connectivity index (χ0) is 13.1. The Morgan fingerprint density at radius 2 is 2.11 bits per heavy atom. The molecule has 1 aliphatic heterocycles. The molecule has 0 amide bonds. The van der Waals surface area contributed by atoms with Crippen molar-refractivity contribution in [3.8, 4) is 0 Å². The highest BCUT2D eigenvalue weighted by molar-refractivity contribution is 6.39. The number of rotatable bonds is 4. The average molecular weight is 287 g/mol. The molecule has 0 bridgehead atoms. The second-order valence-corrected chi connectivity index (χ2v) is 4.93. The number of nitrogens with zero attached hydrogens (tertiary/aromatic N) is 1. The summed E-state index contributed by atoms with van der Waals surface area (Å²) in [4.78, 5) is 15.0. The van der Waals surface area contributed by atoms with E-state index in [0.29, 0.717) is 22.2 Å². The molecule has 1 aromatic carbocycles. The van der Waals surface area contributed by atoms with Gasteiger partial charge in [0.2, 0.25) is 0 Å². The largest absolute Gasteiger partial charge is 0.481 e. The molecule has 2 N–H and O–H groups in total. The number of halogens is 2. The Hall–Kier alpha value is -1.26. The van der Waals surface area contributed by atoms with Gasteiger partial charge in [0, 0.05) is 12.1 Å². The van der Waals surface area contributed by atoms with Crippen LogP contribution >= 0.6 is 23.2 Å². The van der Waals surface area contributed by atoms with Crippen LogP contribution in [-0.4, -0.2) is 23.5 Å². The fourth-order valence-electron chi connectivity index (χ4n) is 1.92. The zero-order valence-electron chi connectivity index (χ0n) is 9.44. The summed E-state index contributed by atoms with van der Waals surface area (Å²) < 4.78 is 0. The minimum Gasteiger partial charge on any atom is -0.481 e. The number of carbonyl (C=O) groups is 1. The Balaban J connectivity index is 2.13. The summed E-state index contributed by atoms with van der Waals surface area (Å²) in [6.45, 7) is 0. The molecule has 0 aliphatic carbocycles. The second kappa shape index (κ2) is 5.59. The quantitative estimate of drug-likeness (QED) is 0.893. The number of carboxylic acids is 1. The maximum absolute atomic E-state index is 10.8. The lowest BCUT2D eigenvalue weighted by molar-refractivity contribution is -0.138. The Morgan fingerprint density at radius 3 is 2.72 bits per heavy atom. The molecule has 0 aromatic heterocycles. The summed E-state index contributed by atoms with van der Waals surface area (Å²) in [6, 6.07) is 5.20. The summed E-state index contributed by atoms with van der Waals surface area (Å²) in [5, 5.41) is 12.9. The SMILES string of the molecule is O=C(O)CC1CC=NC1Nc1c(Cl)cccc1Cl. The number of aliphatic imine (C=N–C) groups is 1. The van der Waals surface area contributed by atoms with Crippen LogP contribution in [0.4, 0.5) is 5.69 Å². The minimum atomic E-state index is -0.831. The molecule has 18 heavy (non-hydrogen) atoms. The first-order valence-corrected chi connectivity index (χ1v) is 6.27. The van der Waals surface area contributed by atoms with E-state index in [9.17, 15) is 4.79 Å². The van der Waals surface area contributed by atoms with Crippen LogP contribution in [0, 0.1) is 5.92 Å². The van der Waals surface area contributed by atoms with Gasteiger partial charge in [-0.3, -0.25) is 9.79 Å². The van der Waals surface area contributed by atoms with Crippen molar-refractivity contribution in [3.63, 3.8) is 0 Å². The number of hydrogen-bond acceptors (Lipinski definition) is 3. The number of hydrogen-bond donors (Lipinski definition) is 2. The van der Waals surface area contributed by atoms with Gasteiger partial charge in [-0.1, -0.05) is 29.3 Å². The molecule has 0 saturated carbocycles. The van der Waals surface area contributed by atoms with Crippen LogP contribution in [0.2, 0.25) is 10.0 Å². The van der Waals surface area contributed by atoms with Gasteiger partial charge in [-0.2, -0.15) is 0 Å². The van der Waals surface area contributed by atoms with Crippen LogP contribution < -0.4 is 5.32 Å². The maximum atomic E-state index is 10.8. The van der Waals surface area contributed by atoms with Gasteiger partial charge in [0.1, 0.15) is 6.17 Å². The molecule has 0 saturated heterocycles. The predicted molar refractivity (Wildman–Crippen MR) is 72.7 cm³/mol. The lowest BCUT2D eigenvalue weighted by atomic mass is 10.0. The number of benzene rings is 1. The highest BCUT2D eigenvalue weighted by Gasteiger charge is 2.27. The topological polar surface area (TPSA) is 61.7 Å². The molecule has 2 rings (SSSR count). The van der Waals surface area contributed by atoms with Crippen LogP contribution in [0.15, 0.2) is 23.2 Å². The van der Waals surface area contributed by atoms with Crippen LogP contribution in [0.25, 0.3) is 0 Å². The van der Waals surface area contributed by atoms with Gasteiger partial charge in [-0.25, -0.2) is 0 Å². The molecule has 0 radical (unpaired) electrons. The predicted octanol–water partition coefficient (Wildman–Crippen LogP) is 3.30. The van der Waals surface area contributed by atoms with Crippen LogP contribution in [0.1, 0.15) is 12.8 Å². The molecule has 4 nitrogen and oxygen atoms in total. The summed E-state index contributed by atoms with van der Waals surface area (Å²) in [5.41, 5.74) is 0.597. The molecule has 1 aromatic rings. The van der Waals surface area contributed by atoms with E-state index >= 15 is 0 Å². The van der Waals surface area contributed by atoms with E-state index in [0.717, 1.165) is 0 Å². The summed E-state index contributed by atoms with van der Waals surface area (Å²) in [7, 11) is 0. The van der Waals surface area contributed by atoms with Crippen molar-refractivity contribution in [1.82, 2.24) is 0 Å². The average Bonchev–Trinajstić information content (AvgIpc) is 2.70. The number of aliphatic carboxylic acids is 1. The second-order valence-electron chi connectivity index (χ2n) is 4.11. The summed E-state index contributed by atoms with van der Waals surface area (Å²) in [5.74, 6) is -0.905.